The van der Waals surface area contributed by atoms with Gasteiger partial charge in [0.05, 0.1) is 9.88 Å². The third-order valence-corrected chi connectivity index (χ3v) is 4.37. The maximum Gasteiger partial charge on any atom is 0.434 e. The highest BCUT2D eigenvalue weighted by Crippen LogP contribution is 2.42. The third-order valence-electron chi connectivity index (χ3n) is 3.15. The minimum atomic E-state index is -4.33. The zero-order valence-electron chi connectivity index (χ0n) is 10.3. The molecule has 18 heavy (non-hydrogen) atoms. The van der Waals surface area contributed by atoms with Crippen molar-refractivity contribution in [1.82, 2.24) is 10.3 Å². The van der Waals surface area contributed by atoms with Gasteiger partial charge < -0.3 is 5.32 Å². The number of halogens is 3. The molecule has 1 N–H and O–H groups in total. The van der Waals surface area contributed by atoms with Gasteiger partial charge in [-0.2, -0.15) is 13.2 Å². The zero-order chi connectivity index (χ0) is 13.2. The van der Waals surface area contributed by atoms with Crippen molar-refractivity contribution in [1.29, 1.82) is 0 Å². The standard InChI is InChI=1S/C12H17F3N2S/c1-2-6-16-7-9-10(12(13,14)15)17-11(18-9)8-4-3-5-8/h8,16H,2-7H2,1H3. The summed E-state index contributed by atoms with van der Waals surface area (Å²) in [4.78, 5) is 4.17. The van der Waals surface area contributed by atoms with Crippen LogP contribution in [0, 0.1) is 0 Å². The van der Waals surface area contributed by atoms with Crippen LogP contribution in [0.4, 0.5) is 13.2 Å². The number of hydrogen-bond donors (Lipinski definition) is 1. The van der Waals surface area contributed by atoms with Crippen molar-refractivity contribution in [2.75, 3.05) is 6.54 Å². The first kappa shape index (κ1) is 13.8. The van der Waals surface area contributed by atoms with Crippen LogP contribution in [-0.4, -0.2) is 11.5 Å². The third kappa shape index (κ3) is 3.03. The van der Waals surface area contributed by atoms with Crippen molar-refractivity contribution in [2.45, 2.75) is 51.2 Å². The number of nitrogens with one attached hydrogen (secondary N) is 1. The fourth-order valence-electron chi connectivity index (χ4n) is 1.92. The average molecular weight is 278 g/mol. The smallest absolute Gasteiger partial charge is 0.312 e. The molecule has 1 saturated carbocycles. The van der Waals surface area contributed by atoms with Gasteiger partial charge in [0.15, 0.2) is 5.69 Å². The van der Waals surface area contributed by atoms with Crippen molar-refractivity contribution in [3.8, 4) is 0 Å². The van der Waals surface area contributed by atoms with Crippen LogP contribution in [0.25, 0.3) is 0 Å². The summed E-state index contributed by atoms with van der Waals surface area (Å²) in [5.41, 5.74) is -0.682. The summed E-state index contributed by atoms with van der Waals surface area (Å²) in [5, 5.41) is 3.69. The van der Waals surface area contributed by atoms with Gasteiger partial charge in [0, 0.05) is 12.5 Å². The molecule has 0 atom stereocenters. The van der Waals surface area contributed by atoms with Crippen LogP contribution in [0.15, 0.2) is 0 Å². The Morgan fingerprint density at radius 3 is 2.61 bits per heavy atom. The molecule has 0 radical (unpaired) electrons. The quantitative estimate of drug-likeness (QED) is 0.825. The van der Waals surface area contributed by atoms with Crippen LogP contribution in [0.3, 0.4) is 0 Å². The molecule has 1 fully saturated rings. The van der Waals surface area contributed by atoms with Crippen LogP contribution >= 0.6 is 11.3 Å². The van der Waals surface area contributed by atoms with Crippen LogP contribution < -0.4 is 5.32 Å². The van der Waals surface area contributed by atoms with E-state index in [1.807, 2.05) is 6.92 Å². The second kappa shape index (κ2) is 5.57. The Kier molecular flexibility index (Phi) is 4.27. The van der Waals surface area contributed by atoms with Crippen LogP contribution in [0.5, 0.6) is 0 Å². The van der Waals surface area contributed by atoms with Gasteiger partial charge in [-0.25, -0.2) is 4.98 Å². The lowest BCUT2D eigenvalue weighted by atomic mass is 9.86. The van der Waals surface area contributed by atoms with Crippen molar-refractivity contribution in [3.63, 3.8) is 0 Å². The number of rotatable bonds is 5. The van der Waals surface area contributed by atoms with Gasteiger partial charge >= 0.3 is 6.18 Å². The molecule has 1 aromatic rings. The summed E-state index contributed by atoms with van der Waals surface area (Å²) in [5.74, 6) is 0.260. The van der Waals surface area contributed by atoms with E-state index in [2.05, 4.69) is 10.3 Å². The zero-order valence-corrected chi connectivity index (χ0v) is 11.1. The fraction of sp³-hybridized carbons (Fsp3) is 0.750. The molecule has 2 nitrogen and oxygen atoms in total. The fourth-order valence-corrected chi connectivity index (χ4v) is 3.14. The van der Waals surface area contributed by atoms with Crippen molar-refractivity contribution in [2.24, 2.45) is 0 Å². The van der Waals surface area contributed by atoms with Crippen molar-refractivity contribution >= 4 is 11.3 Å². The van der Waals surface area contributed by atoms with Crippen LogP contribution in [0.2, 0.25) is 0 Å². The number of hydrogen-bond acceptors (Lipinski definition) is 3. The van der Waals surface area contributed by atoms with Gasteiger partial charge in [-0.05, 0) is 25.8 Å². The summed E-state index contributed by atoms with van der Waals surface area (Å²) >= 11 is 1.23. The molecule has 6 heteroatoms. The monoisotopic (exact) mass is 278 g/mol. The van der Waals surface area contributed by atoms with Crippen LogP contribution in [0.1, 0.15) is 54.1 Å². The summed E-state index contributed by atoms with van der Waals surface area (Å²) < 4.78 is 38.6. The molecular formula is C12H17F3N2S. The van der Waals surface area contributed by atoms with Gasteiger partial charge in [0.2, 0.25) is 0 Å². The second-order valence-electron chi connectivity index (χ2n) is 4.63. The molecule has 1 aliphatic carbocycles. The first-order chi connectivity index (χ1) is 8.52. The van der Waals surface area contributed by atoms with Crippen molar-refractivity contribution < 1.29 is 13.2 Å². The number of nitrogens with zero attached hydrogens (tertiary/aromatic N) is 1. The second-order valence-corrected chi connectivity index (χ2v) is 5.74. The van der Waals surface area contributed by atoms with E-state index in [0.29, 0.717) is 9.88 Å². The highest BCUT2D eigenvalue weighted by Gasteiger charge is 2.38. The topological polar surface area (TPSA) is 24.9 Å². The maximum absolute atomic E-state index is 12.9. The molecule has 1 heterocycles. The van der Waals surface area contributed by atoms with E-state index < -0.39 is 11.9 Å². The molecule has 0 bridgehead atoms. The summed E-state index contributed by atoms with van der Waals surface area (Å²) in [6.07, 6.45) is -0.355. The van der Waals surface area contributed by atoms with Gasteiger partial charge in [-0.1, -0.05) is 13.3 Å². The molecular weight excluding hydrogens is 261 g/mol. The molecule has 1 aliphatic rings. The van der Waals surface area contributed by atoms with Crippen molar-refractivity contribution in [3.05, 3.63) is 15.6 Å². The normalized spacial score (nSPS) is 16.9. The summed E-state index contributed by atoms with van der Waals surface area (Å²) in [6, 6.07) is 0. The van der Waals surface area contributed by atoms with E-state index >= 15 is 0 Å². The van der Waals surface area contributed by atoms with Crippen LogP contribution in [-0.2, 0) is 12.7 Å². The van der Waals surface area contributed by atoms with E-state index in [-0.39, 0.29) is 12.5 Å². The summed E-state index contributed by atoms with van der Waals surface area (Å²) in [7, 11) is 0. The minimum absolute atomic E-state index is 0.260. The van der Waals surface area contributed by atoms with E-state index in [1.54, 1.807) is 0 Å². The number of alkyl halides is 3. The molecule has 0 aromatic carbocycles. The molecule has 0 saturated heterocycles. The Morgan fingerprint density at radius 1 is 1.39 bits per heavy atom. The Morgan fingerprint density at radius 2 is 2.11 bits per heavy atom. The molecule has 1 aromatic heterocycles. The number of thiazole rings is 1. The first-order valence-electron chi connectivity index (χ1n) is 6.30. The molecule has 0 amide bonds. The van der Waals surface area contributed by atoms with Gasteiger partial charge in [0.1, 0.15) is 0 Å². The van der Waals surface area contributed by atoms with Gasteiger partial charge in [-0.15, -0.1) is 11.3 Å². The molecule has 0 unspecified atom stereocenters. The number of aromatic nitrogens is 1. The molecule has 102 valence electrons. The predicted molar refractivity (Wildman–Crippen MR) is 65.7 cm³/mol. The molecule has 0 spiro atoms. The Bertz CT molecular complexity index is 397. The largest absolute Gasteiger partial charge is 0.434 e. The lowest BCUT2D eigenvalue weighted by molar-refractivity contribution is -0.141. The molecule has 0 aliphatic heterocycles. The molecule has 2 rings (SSSR count). The maximum atomic E-state index is 12.9. The highest BCUT2D eigenvalue weighted by atomic mass is 32.1. The van der Waals surface area contributed by atoms with Gasteiger partial charge in [0.25, 0.3) is 0 Å². The van der Waals surface area contributed by atoms with E-state index in [4.69, 9.17) is 0 Å². The van der Waals surface area contributed by atoms with E-state index in [0.717, 1.165) is 32.2 Å². The van der Waals surface area contributed by atoms with E-state index in [9.17, 15) is 13.2 Å². The van der Waals surface area contributed by atoms with E-state index in [1.165, 1.54) is 11.3 Å². The lowest BCUT2D eigenvalue weighted by Crippen LogP contribution is -2.17. The Hall–Kier alpha value is -0.620. The SMILES string of the molecule is CCCNCc1sc(C2CCC2)nc1C(F)(F)F. The predicted octanol–water partition coefficient (Wildman–Crippen LogP) is 3.93. The average Bonchev–Trinajstić information content (AvgIpc) is 2.59. The first-order valence-corrected chi connectivity index (χ1v) is 7.11. The highest BCUT2D eigenvalue weighted by molar-refractivity contribution is 7.11. The Labute approximate surface area is 109 Å². The lowest BCUT2D eigenvalue weighted by Gasteiger charge is -2.22. The van der Waals surface area contributed by atoms with Gasteiger partial charge in [-0.3, -0.25) is 0 Å². The minimum Gasteiger partial charge on any atom is -0.312 e. The Balaban J connectivity index is 2.15. The summed E-state index contributed by atoms with van der Waals surface area (Å²) in [6.45, 7) is 2.99.